The highest BCUT2D eigenvalue weighted by Gasteiger charge is 2.33. The zero-order valence-corrected chi connectivity index (χ0v) is 19.1. The van der Waals surface area contributed by atoms with Crippen molar-refractivity contribution in [1.29, 1.82) is 0 Å². The number of methoxy groups -OCH3 is 1. The third-order valence-corrected chi connectivity index (χ3v) is 8.48. The Balaban J connectivity index is 1.45. The summed E-state index contributed by atoms with van der Waals surface area (Å²) in [4.78, 5) is 24.6. The number of nitrogens with one attached hydrogen (secondary N) is 1. The molecule has 1 N–H and O–H groups in total. The lowest BCUT2D eigenvalue weighted by Crippen LogP contribution is -2.41. The summed E-state index contributed by atoms with van der Waals surface area (Å²) in [5.41, 5.74) is 0.823. The van der Waals surface area contributed by atoms with Crippen LogP contribution in [0.15, 0.2) is 46.0 Å². The highest BCUT2D eigenvalue weighted by molar-refractivity contribution is 7.91. The number of hydrogen-bond acceptors (Lipinski definition) is 7. The molecule has 0 saturated carbocycles. The molecule has 3 rings (SSSR count). The first kappa shape index (κ1) is 23.2. The Morgan fingerprint density at radius 2 is 1.90 bits per heavy atom. The van der Waals surface area contributed by atoms with Crippen LogP contribution in [-0.4, -0.2) is 51.4 Å². The number of rotatable bonds is 8. The lowest BCUT2D eigenvalue weighted by molar-refractivity contribution is -0.153. The maximum atomic E-state index is 12.6. The first-order valence-electron chi connectivity index (χ1n) is 9.95. The van der Waals surface area contributed by atoms with Crippen molar-refractivity contribution in [3.8, 4) is 5.75 Å². The second kappa shape index (κ2) is 10.3. The predicted octanol–water partition coefficient (Wildman–Crippen LogP) is 2.58. The van der Waals surface area contributed by atoms with E-state index in [0.717, 1.165) is 5.56 Å². The number of piperidine rings is 1. The molecule has 1 aromatic heterocycles. The first-order chi connectivity index (χ1) is 14.8. The number of para-hydroxylation sites is 1. The summed E-state index contributed by atoms with van der Waals surface area (Å²) < 4.78 is 37.3. The summed E-state index contributed by atoms with van der Waals surface area (Å²) in [6.45, 7) is 1.93. The van der Waals surface area contributed by atoms with Crippen molar-refractivity contribution in [2.75, 3.05) is 26.8 Å². The van der Waals surface area contributed by atoms with E-state index in [9.17, 15) is 18.0 Å². The fourth-order valence-corrected chi connectivity index (χ4v) is 6.12. The van der Waals surface area contributed by atoms with Gasteiger partial charge in [0.1, 0.15) is 9.96 Å². The molecule has 1 fully saturated rings. The third-order valence-electron chi connectivity index (χ3n) is 5.20. The fraction of sp³-hybridized carbons (Fsp3) is 0.429. The molecule has 1 aliphatic rings. The van der Waals surface area contributed by atoms with Crippen molar-refractivity contribution in [1.82, 2.24) is 9.62 Å². The summed E-state index contributed by atoms with van der Waals surface area (Å²) in [7, 11) is -1.95. The Morgan fingerprint density at radius 3 is 2.55 bits per heavy atom. The fourth-order valence-electron chi connectivity index (χ4n) is 3.51. The average Bonchev–Trinajstić information content (AvgIpc) is 3.33. The van der Waals surface area contributed by atoms with Crippen LogP contribution in [0.1, 0.15) is 31.4 Å². The summed E-state index contributed by atoms with van der Waals surface area (Å²) in [6.07, 6.45) is 0.728. The van der Waals surface area contributed by atoms with Gasteiger partial charge in [-0.05, 0) is 37.3 Å². The molecule has 1 amide bonds. The molecule has 0 aliphatic carbocycles. The minimum Gasteiger partial charge on any atom is -0.496 e. The second-order valence-electron chi connectivity index (χ2n) is 7.25. The molecule has 8 nitrogen and oxygen atoms in total. The van der Waals surface area contributed by atoms with Crippen molar-refractivity contribution in [2.24, 2.45) is 5.92 Å². The molecule has 10 heteroatoms. The van der Waals surface area contributed by atoms with Crippen LogP contribution in [0.2, 0.25) is 0 Å². The smallest absolute Gasteiger partial charge is 0.309 e. The Hall–Kier alpha value is -2.43. The van der Waals surface area contributed by atoms with Gasteiger partial charge in [0, 0.05) is 18.7 Å². The topological polar surface area (TPSA) is 102 Å². The lowest BCUT2D eigenvalue weighted by Gasteiger charge is -2.29. The van der Waals surface area contributed by atoms with E-state index in [-0.39, 0.29) is 25.7 Å². The van der Waals surface area contributed by atoms with E-state index in [1.54, 1.807) is 24.6 Å². The van der Waals surface area contributed by atoms with Crippen molar-refractivity contribution in [3.63, 3.8) is 0 Å². The van der Waals surface area contributed by atoms with Crippen molar-refractivity contribution in [2.45, 2.75) is 30.0 Å². The molecule has 168 valence electrons. The monoisotopic (exact) mass is 466 g/mol. The minimum atomic E-state index is -3.51. The molecule has 0 bridgehead atoms. The zero-order valence-electron chi connectivity index (χ0n) is 17.4. The molecule has 1 atom stereocenters. The molecule has 1 saturated heterocycles. The van der Waals surface area contributed by atoms with Gasteiger partial charge in [-0.3, -0.25) is 9.59 Å². The molecule has 1 aliphatic heterocycles. The number of ether oxygens (including phenoxy) is 2. The molecule has 0 radical (unpaired) electrons. The van der Waals surface area contributed by atoms with Crippen LogP contribution in [0.5, 0.6) is 5.75 Å². The Bertz CT molecular complexity index is 999. The van der Waals surface area contributed by atoms with Crippen molar-refractivity contribution >= 4 is 33.2 Å². The number of carbonyl (C=O) groups excluding carboxylic acids is 2. The second-order valence-corrected chi connectivity index (χ2v) is 10.4. The van der Waals surface area contributed by atoms with Crippen LogP contribution in [0.25, 0.3) is 0 Å². The molecule has 2 heterocycles. The van der Waals surface area contributed by atoms with Gasteiger partial charge in [-0.1, -0.05) is 24.3 Å². The maximum Gasteiger partial charge on any atom is 0.309 e. The quantitative estimate of drug-likeness (QED) is 0.600. The highest BCUT2D eigenvalue weighted by Crippen LogP contribution is 2.27. The van der Waals surface area contributed by atoms with Gasteiger partial charge in [0.05, 0.1) is 19.1 Å². The molecule has 1 aromatic carbocycles. The van der Waals surface area contributed by atoms with Gasteiger partial charge < -0.3 is 14.8 Å². The standard InChI is InChI=1S/C21H26N2O6S2/c1-15(17-6-3-4-7-18(17)28-2)22-19(24)14-29-21(25)16-9-11-23(12-10-16)31(26,27)20-8-5-13-30-20/h3-8,13,15-16H,9-12,14H2,1-2H3,(H,22,24). The molecular formula is C21H26N2O6S2. The summed E-state index contributed by atoms with van der Waals surface area (Å²) in [6, 6.07) is 10.3. The molecule has 0 spiro atoms. The van der Waals surface area contributed by atoms with Crippen molar-refractivity contribution in [3.05, 3.63) is 47.3 Å². The van der Waals surface area contributed by atoms with Gasteiger partial charge in [-0.2, -0.15) is 4.31 Å². The van der Waals surface area contributed by atoms with Gasteiger partial charge in [0.25, 0.3) is 15.9 Å². The number of sulfonamides is 1. The number of thiophene rings is 1. The third kappa shape index (κ3) is 5.63. The molecular weight excluding hydrogens is 440 g/mol. The largest absolute Gasteiger partial charge is 0.496 e. The highest BCUT2D eigenvalue weighted by atomic mass is 32.2. The Kier molecular flexibility index (Phi) is 7.69. The number of amides is 1. The van der Waals surface area contributed by atoms with Crippen molar-refractivity contribution < 1.29 is 27.5 Å². The van der Waals surface area contributed by atoms with Crippen LogP contribution < -0.4 is 10.1 Å². The van der Waals surface area contributed by atoms with Crippen LogP contribution in [0.3, 0.4) is 0 Å². The minimum absolute atomic E-state index is 0.247. The normalized spacial score (nSPS) is 16.5. The van der Waals surface area contributed by atoms with Gasteiger partial charge >= 0.3 is 5.97 Å². The van der Waals surface area contributed by atoms with E-state index >= 15 is 0 Å². The van der Waals surface area contributed by atoms with Gasteiger partial charge in [-0.25, -0.2) is 8.42 Å². The number of nitrogens with zero attached hydrogens (tertiary/aromatic N) is 1. The van der Waals surface area contributed by atoms with Crippen LogP contribution >= 0.6 is 11.3 Å². The average molecular weight is 467 g/mol. The zero-order chi connectivity index (χ0) is 22.4. The Morgan fingerprint density at radius 1 is 1.19 bits per heavy atom. The van der Waals surface area contributed by atoms with Gasteiger partial charge in [-0.15, -0.1) is 11.3 Å². The van der Waals surface area contributed by atoms with Crippen LogP contribution in [-0.2, 0) is 24.3 Å². The van der Waals surface area contributed by atoms with E-state index in [0.29, 0.717) is 22.8 Å². The number of hydrogen-bond donors (Lipinski definition) is 1. The molecule has 2 aromatic rings. The summed E-state index contributed by atoms with van der Waals surface area (Å²) in [5.74, 6) is -0.650. The first-order valence-corrected chi connectivity index (χ1v) is 12.3. The van der Waals surface area contributed by atoms with E-state index in [1.165, 1.54) is 15.6 Å². The number of carbonyl (C=O) groups is 2. The predicted molar refractivity (Wildman–Crippen MR) is 116 cm³/mol. The lowest BCUT2D eigenvalue weighted by atomic mass is 9.98. The van der Waals surface area contributed by atoms with E-state index in [1.807, 2.05) is 31.2 Å². The van der Waals surface area contributed by atoms with E-state index < -0.39 is 27.8 Å². The summed E-state index contributed by atoms with van der Waals surface area (Å²) in [5, 5.41) is 4.51. The molecule has 31 heavy (non-hydrogen) atoms. The Labute approximate surface area is 186 Å². The van der Waals surface area contributed by atoms with E-state index in [2.05, 4.69) is 5.32 Å². The summed E-state index contributed by atoms with van der Waals surface area (Å²) >= 11 is 1.17. The van der Waals surface area contributed by atoms with Crippen LogP contribution in [0, 0.1) is 5.92 Å². The molecule has 1 unspecified atom stereocenters. The SMILES string of the molecule is COc1ccccc1C(C)NC(=O)COC(=O)C1CCN(S(=O)(=O)c2cccs2)CC1. The van der Waals surface area contributed by atoms with Gasteiger partial charge in [0.2, 0.25) is 0 Å². The number of esters is 1. The number of benzene rings is 1. The van der Waals surface area contributed by atoms with Crippen LogP contribution in [0.4, 0.5) is 0 Å². The maximum absolute atomic E-state index is 12.6. The van der Waals surface area contributed by atoms with E-state index in [4.69, 9.17) is 9.47 Å². The van der Waals surface area contributed by atoms with Gasteiger partial charge in [0.15, 0.2) is 6.61 Å².